The van der Waals surface area contributed by atoms with Crippen LogP contribution in [-0.4, -0.2) is 11.0 Å². The quantitative estimate of drug-likeness (QED) is 0.734. The molecule has 2 unspecified atom stereocenters. The van der Waals surface area contributed by atoms with E-state index in [0.717, 1.165) is 23.9 Å². The fourth-order valence-corrected chi connectivity index (χ4v) is 3.26. The van der Waals surface area contributed by atoms with Gasteiger partial charge in [-0.25, -0.2) is 8.78 Å². The van der Waals surface area contributed by atoms with Crippen LogP contribution >= 0.6 is 11.8 Å². The summed E-state index contributed by atoms with van der Waals surface area (Å²) in [6.45, 7) is 3.21. The van der Waals surface area contributed by atoms with Crippen molar-refractivity contribution < 1.29 is 13.6 Å². The van der Waals surface area contributed by atoms with E-state index in [-0.39, 0.29) is 17.0 Å². The second-order valence-electron chi connectivity index (χ2n) is 3.71. The van der Waals surface area contributed by atoms with Gasteiger partial charge >= 0.3 is 0 Å². The van der Waals surface area contributed by atoms with Crippen molar-refractivity contribution in [3.8, 4) is 0 Å². The molecule has 2 rings (SSSR count). The number of hydrogen-bond donors (Lipinski definition) is 0. The molecule has 1 aliphatic heterocycles. The summed E-state index contributed by atoms with van der Waals surface area (Å²) >= 11 is 1.13. The zero-order valence-corrected chi connectivity index (χ0v) is 9.20. The number of rotatable bonds is 1. The maximum atomic E-state index is 13.5. The molecule has 1 aromatic rings. The van der Waals surface area contributed by atoms with Gasteiger partial charge in [-0.1, -0.05) is 6.92 Å². The summed E-state index contributed by atoms with van der Waals surface area (Å²) in [6, 6.07) is 2.23. The van der Waals surface area contributed by atoms with E-state index >= 15 is 0 Å². The van der Waals surface area contributed by atoms with Crippen molar-refractivity contribution in [3.05, 3.63) is 29.3 Å². The maximum absolute atomic E-state index is 13.5. The van der Waals surface area contributed by atoms with Crippen molar-refractivity contribution in [2.45, 2.75) is 29.9 Å². The summed E-state index contributed by atoms with van der Waals surface area (Å²) in [5.74, 6) is -1.15. The Balaban J connectivity index is 2.53. The topological polar surface area (TPSA) is 17.1 Å². The first-order valence-corrected chi connectivity index (χ1v) is 5.55. The van der Waals surface area contributed by atoms with Gasteiger partial charge in [-0.3, -0.25) is 4.79 Å². The van der Waals surface area contributed by atoms with Crippen molar-refractivity contribution in [1.29, 1.82) is 0 Å². The number of thioether (sulfide) groups is 1. The van der Waals surface area contributed by atoms with Crippen LogP contribution in [0.25, 0.3) is 0 Å². The molecule has 0 saturated carbocycles. The summed E-state index contributed by atoms with van der Waals surface area (Å²) in [7, 11) is 0. The van der Waals surface area contributed by atoms with E-state index < -0.39 is 11.6 Å². The van der Waals surface area contributed by atoms with Crippen LogP contribution in [0.5, 0.6) is 0 Å². The molecule has 0 saturated heterocycles. The molecule has 0 N–H and O–H groups in total. The van der Waals surface area contributed by atoms with Crippen molar-refractivity contribution in [3.63, 3.8) is 0 Å². The fourth-order valence-electron chi connectivity index (χ4n) is 1.91. The number of carbonyl (C=O) groups excluding carboxylic acids is 1. The Bertz CT molecular complexity index is 431. The predicted octanol–water partition coefficient (Wildman–Crippen LogP) is 3.13. The molecular formula is C11H10F2OS. The highest BCUT2D eigenvalue weighted by Gasteiger charge is 2.37. The Kier molecular flexibility index (Phi) is 2.54. The van der Waals surface area contributed by atoms with E-state index in [1.54, 1.807) is 6.92 Å². The van der Waals surface area contributed by atoms with Gasteiger partial charge in [0, 0.05) is 11.5 Å². The number of ketones is 1. The van der Waals surface area contributed by atoms with Crippen molar-refractivity contribution in [2.24, 2.45) is 0 Å². The highest BCUT2D eigenvalue weighted by atomic mass is 32.2. The molecule has 0 amide bonds. The number of fused-ring (bicyclic) bond motifs is 1. The standard InChI is InChI=1S/C11H10F2OS/c1-5-9-7(12)3-4-8(13)11(9)15-10(5)6(2)14/h3-5,10H,1-2H3. The lowest BCUT2D eigenvalue weighted by atomic mass is 9.95. The molecule has 1 heterocycles. The van der Waals surface area contributed by atoms with E-state index in [1.165, 1.54) is 6.92 Å². The number of Topliss-reactive ketones (excluding diaryl/α,β-unsaturated/α-hetero) is 1. The van der Waals surface area contributed by atoms with E-state index in [1.807, 2.05) is 0 Å². The van der Waals surface area contributed by atoms with Gasteiger partial charge in [-0.15, -0.1) is 11.8 Å². The van der Waals surface area contributed by atoms with Crippen LogP contribution < -0.4 is 0 Å². The van der Waals surface area contributed by atoms with E-state index in [4.69, 9.17) is 0 Å². The molecule has 0 aliphatic carbocycles. The Morgan fingerprint density at radius 1 is 1.33 bits per heavy atom. The Hall–Kier alpha value is -0.900. The van der Waals surface area contributed by atoms with Gasteiger partial charge < -0.3 is 0 Å². The summed E-state index contributed by atoms with van der Waals surface area (Å²) in [5.41, 5.74) is 0.347. The molecule has 1 nitrogen and oxygen atoms in total. The maximum Gasteiger partial charge on any atom is 0.143 e. The van der Waals surface area contributed by atoms with Crippen molar-refractivity contribution in [2.75, 3.05) is 0 Å². The van der Waals surface area contributed by atoms with Crippen LogP contribution in [0.1, 0.15) is 25.3 Å². The minimum Gasteiger partial charge on any atom is -0.299 e. The molecule has 2 atom stereocenters. The lowest BCUT2D eigenvalue weighted by molar-refractivity contribution is -0.116. The Morgan fingerprint density at radius 2 is 1.93 bits per heavy atom. The van der Waals surface area contributed by atoms with Gasteiger partial charge in [0.2, 0.25) is 0 Å². The van der Waals surface area contributed by atoms with Crippen molar-refractivity contribution >= 4 is 17.5 Å². The van der Waals surface area contributed by atoms with Crippen molar-refractivity contribution in [1.82, 2.24) is 0 Å². The normalized spacial score (nSPS) is 24.0. The highest BCUT2D eigenvalue weighted by Crippen LogP contribution is 2.47. The zero-order chi connectivity index (χ0) is 11.2. The average molecular weight is 228 g/mol. The minimum atomic E-state index is -0.438. The summed E-state index contributed by atoms with van der Waals surface area (Å²) in [5, 5.41) is -0.355. The summed E-state index contributed by atoms with van der Waals surface area (Å²) in [4.78, 5) is 11.6. The molecule has 4 heteroatoms. The number of hydrogen-bond acceptors (Lipinski definition) is 2. The lowest BCUT2D eigenvalue weighted by Gasteiger charge is -2.10. The van der Waals surface area contributed by atoms with Gasteiger partial charge in [0.05, 0.1) is 10.1 Å². The van der Waals surface area contributed by atoms with E-state index in [9.17, 15) is 13.6 Å². The molecule has 0 fully saturated rings. The molecule has 80 valence electrons. The Labute approximate surface area is 90.9 Å². The van der Waals surface area contributed by atoms with Gasteiger partial charge in [0.15, 0.2) is 0 Å². The third kappa shape index (κ3) is 1.57. The first-order chi connectivity index (χ1) is 7.02. The molecule has 0 aromatic heterocycles. The van der Waals surface area contributed by atoms with Gasteiger partial charge in [0.25, 0.3) is 0 Å². The smallest absolute Gasteiger partial charge is 0.143 e. The summed E-state index contributed by atoms with van der Waals surface area (Å²) < 4.78 is 26.8. The highest BCUT2D eigenvalue weighted by molar-refractivity contribution is 8.01. The molecule has 15 heavy (non-hydrogen) atoms. The number of halogens is 2. The molecule has 0 spiro atoms. The van der Waals surface area contributed by atoms with Crippen LogP contribution in [0, 0.1) is 11.6 Å². The molecule has 1 aliphatic rings. The van der Waals surface area contributed by atoms with Crippen LogP contribution in [-0.2, 0) is 4.79 Å². The second-order valence-corrected chi connectivity index (χ2v) is 4.86. The average Bonchev–Trinajstić information content (AvgIpc) is 2.51. The third-order valence-corrected chi connectivity index (χ3v) is 4.29. The predicted molar refractivity (Wildman–Crippen MR) is 55.1 cm³/mol. The van der Waals surface area contributed by atoms with E-state index in [2.05, 4.69) is 0 Å². The van der Waals surface area contributed by atoms with Gasteiger partial charge in [-0.2, -0.15) is 0 Å². The van der Waals surface area contributed by atoms with Gasteiger partial charge in [0.1, 0.15) is 17.4 Å². The zero-order valence-electron chi connectivity index (χ0n) is 8.38. The monoisotopic (exact) mass is 228 g/mol. The third-order valence-electron chi connectivity index (χ3n) is 2.65. The largest absolute Gasteiger partial charge is 0.299 e. The van der Waals surface area contributed by atoms with Crippen LogP contribution in [0.4, 0.5) is 8.78 Å². The summed E-state index contributed by atoms with van der Waals surface area (Å²) in [6.07, 6.45) is 0. The van der Waals surface area contributed by atoms with Gasteiger partial charge in [-0.05, 0) is 19.1 Å². The van der Waals surface area contributed by atoms with E-state index in [0.29, 0.717) is 10.5 Å². The fraction of sp³-hybridized carbons (Fsp3) is 0.364. The molecule has 0 bridgehead atoms. The molecule has 1 aromatic carbocycles. The second kappa shape index (κ2) is 3.59. The Morgan fingerprint density at radius 3 is 2.47 bits per heavy atom. The van der Waals surface area contributed by atoms with Crippen LogP contribution in [0.15, 0.2) is 17.0 Å². The minimum absolute atomic E-state index is 0.0394. The first kappa shape index (κ1) is 10.6. The van der Waals surface area contributed by atoms with Crippen LogP contribution in [0.3, 0.4) is 0 Å². The lowest BCUT2D eigenvalue weighted by Crippen LogP contribution is -2.16. The number of carbonyl (C=O) groups is 1. The first-order valence-electron chi connectivity index (χ1n) is 4.67. The van der Waals surface area contributed by atoms with Crippen LogP contribution in [0.2, 0.25) is 0 Å². The SMILES string of the molecule is CC(=O)C1Sc2c(F)ccc(F)c2C1C. The molecular weight excluding hydrogens is 218 g/mol. The number of benzene rings is 1. The molecule has 0 radical (unpaired) electrons.